The highest BCUT2D eigenvalue weighted by Gasteiger charge is 2.14. The van der Waals surface area contributed by atoms with E-state index in [9.17, 15) is 13.2 Å². The van der Waals surface area contributed by atoms with Gasteiger partial charge in [0.1, 0.15) is 0 Å². The molecule has 5 nitrogen and oxygen atoms in total. The summed E-state index contributed by atoms with van der Waals surface area (Å²) in [5.74, 6) is -0.0288. The summed E-state index contributed by atoms with van der Waals surface area (Å²) >= 11 is 0. The van der Waals surface area contributed by atoms with Crippen LogP contribution in [0.15, 0.2) is 12.7 Å². The Morgan fingerprint density at radius 3 is 2.59 bits per heavy atom. The number of nitrogens with zero attached hydrogens (tertiary/aromatic N) is 1. The Labute approximate surface area is 104 Å². The maximum Gasteiger partial charge on any atom is 0.220 e. The largest absolute Gasteiger partial charge is 0.355 e. The molecule has 1 amide bonds. The van der Waals surface area contributed by atoms with Crippen molar-refractivity contribution in [2.75, 3.05) is 25.9 Å². The van der Waals surface area contributed by atoms with Crippen molar-refractivity contribution in [3.63, 3.8) is 0 Å². The molecule has 6 heteroatoms. The molecule has 0 fully saturated rings. The van der Waals surface area contributed by atoms with Gasteiger partial charge in [0.05, 0.1) is 6.26 Å². The number of hydrogen-bond donors (Lipinski definition) is 1. The maximum atomic E-state index is 11.3. The Hall–Kier alpha value is -0.880. The van der Waals surface area contributed by atoms with E-state index in [1.165, 1.54) is 10.4 Å². The lowest BCUT2D eigenvalue weighted by Crippen LogP contribution is -2.38. The van der Waals surface area contributed by atoms with E-state index in [1.807, 2.05) is 6.92 Å². The molecule has 0 heterocycles. The average molecular weight is 262 g/mol. The minimum Gasteiger partial charge on any atom is -0.355 e. The van der Waals surface area contributed by atoms with Crippen molar-refractivity contribution >= 4 is 15.9 Å². The Morgan fingerprint density at radius 2 is 2.12 bits per heavy atom. The molecule has 100 valence electrons. The molecule has 0 aromatic heterocycles. The number of nitrogens with one attached hydrogen (secondary N) is 1. The van der Waals surface area contributed by atoms with Crippen LogP contribution in [0.4, 0.5) is 0 Å². The monoisotopic (exact) mass is 262 g/mol. The Balaban J connectivity index is 3.99. The van der Waals surface area contributed by atoms with E-state index in [0.717, 1.165) is 19.1 Å². The smallest absolute Gasteiger partial charge is 0.220 e. The molecule has 0 aliphatic heterocycles. The number of rotatable bonds is 9. The molecule has 0 bridgehead atoms. The van der Waals surface area contributed by atoms with Gasteiger partial charge in [-0.1, -0.05) is 19.4 Å². The summed E-state index contributed by atoms with van der Waals surface area (Å²) < 4.78 is 23.9. The second-order valence-electron chi connectivity index (χ2n) is 3.86. The summed E-state index contributed by atoms with van der Waals surface area (Å²) in [6, 6.07) is 0. The molecule has 0 atom stereocenters. The summed E-state index contributed by atoms with van der Waals surface area (Å²) in [7, 11) is -3.23. The van der Waals surface area contributed by atoms with Crippen LogP contribution in [0.1, 0.15) is 26.2 Å². The van der Waals surface area contributed by atoms with Crippen LogP contribution in [-0.4, -0.2) is 44.5 Å². The van der Waals surface area contributed by atoms with Gasteiger partial charge in [-0.15, -0.1) is 6.58 Å². The van der Waals surface area contributed by atoms with Gasteiger partial charge in [-0.05, 0) is 6.42 Å². The van der Waals surface area contributed by atoms with Crippen molar-refractivity contribution in [1.29, 1.82) is 0 Å². The van der Waals surface area contributed by atoms with Crippen molar-refractivity contribution in [2.24, 2.45) is 0 Å². The molecular formula is C11H22N2O3S. The average Bonchev–Trinajstić information content (AvgIpc) is 2.23. The highest BCUT2D eigenvalue weighted by molar-refractivity contribution is 7.88. The van der Waals surface area contributed by atoms with Crippen molar-refractivity contribution in [3.8, 4) is 0 Å². The van der Waals surface area contributed by atoms with Crippen LogP contribution in [0, 0.1) is 0 Å². The second-order valence-corrected chi connectivity index (χ2v) is 5.85. The minimum absolute atomic E-state index is 0.0288. The zero-order valence-corrected chi connectivity index (χ0v) is 11.4. The van der Waals surface area contributed by atoms with Gasteiger partial charge in [-0.25, -0.2) is 8.42 Å². The van der Waals surface area contributed by atoms with Gasteiger partial charge in [0.2, 0.25) is 15.9 Å². The molecule has 0 saturated carbocycles. The van der Waals surface area contributed by atoms with Crippen LogP contribution < -0.4 is 5.32 Å². The van der Waals surface area contributed by atoms with Gasteiger partial charge < -0.3 is 5.32 Å². The van der Waals surface area contributed by atoms with Crippen LogP contribution >= 0.6 is 0 Å². The van der Waals surface area contributed by atoms with E-state index in [1.54, 1.807) is 0 Å². The van der Waals surface area contributed by atoms with E-state index >= 15 is 0 Å². The molecule has 17 heavy (non-hydrogen) atoms. The molecule has 0 spiro atoms. The third-order valence-corrected chi connectivity index (χ3v) is 3.51. The zero-order chi connectivity index (χ0) is 13.3. The molecule has 0 radical (unpaired) electrons. The van der Waals surface area contributed by atoms with Crippen LogP contribution in [0.3, 0.4) is 0 Å². The van der Waals surface area contributed by atoms with E-state index in [4.69, 9.17) is 0 Å². The molecule has 0 rings (SSSR count). The molecule has 1 N–H and O–H groups in total. The number of carbonyl (C=O) groups excluding carboxylic acids is 1. The van der Waals surface area contributed by atoms with Crippen molar-refractivity contribution in [2.45, 2.75) is 26.2 Å². The summed E-state index contributed by atoms with van der Waals surface area (Å²) in [4.78, 5) is 11.3. The molecular weight excluding hydrogens is 240 g/mol. The quantitative estimate of drug-likeness (QED) is 0.623. The van der Waals surface area contributed by atoms with Crippen LogP contribution in [0.5, 0.6) is 0 Å². The van der Waals surface area contributed by atoms with Crippen LogP contribution in [0.25, 0.3) is 0 Å². The van der Waals surface area contributed by atoms with Gasteiger partial charge >= 0.3 is 0 Å². The van der Waals surface area contributed by atoms with Crippen LogP contribution in [-0.2, 0) is 14.8 Å². The van der Waals surface area contributed by atoms with Gasteiger partial charge in [0.25, 0.3) is 0 Å². The summed E-state index contributed by atoms with van der Waals surface area (Å²) in [5.41, 5.74) is 0. The number of carbonyl (C=O) groups is 1. The van der Waals surface area contributed by atoms with E-state index in [2.05, 4.69) is 11.9 Å². The number of hydrogen-bond acceptors (Lipinski definition) is 3. The summed E-state index contributed by atoms with van der Waals surface area (Å²) in [5, 5.41) is 2.70. The first kappa shape index (κ1) is 16.1. The minimum atomic E-state index is -3.23. The Morgan fingerprint density at radius 1 is 1.47 bits per heavy atom. The third-order valence-electron chi connectivity index (χ3n) is 2.24. The number of amides is 1. The number of unbranched alkanes of at least 4 members (excludes halogenated alkanes) is 1. The predicted octanol–water partition coefficient (Wildman–Crippen LogP) is 0.740. The van der Waals surface area contributed by atoms with Gasteiger partial charge in [0.15, 0.2) is 0 Å². The predicted molar refractivity (Wildman–Crippen MR) is 69.1 cm³/mol. The lowest BCUT2D eigenvalue weighted by molar-refractivity contribution is -0.121. The van der Waals surface area contributed by atoms with Crippen molar-refractivity contribution < 1.29 is 13.2 Å². The lowest BCUT2D eigenvalue weighted by atomic mass is 10.2. The SMILES string of the molecule is C=CCN(CCNC(=O)CCCC)S(C)(=O)=O. The summed E-state index contributed by atoms with van der Waals surface area (Å²) in [6.07, 6.45) is 5.00. The molecule has 0 aromatic rings. The molecule has 0 aliphatic rings. The molecule has 0 aliphatic carbocycles. The van der Waals surface area contributed by atoms with Gasteiger partial charge in [0, 0.05) is 26.1 Å². The molecule has 0 unspecified atom stereocenters. The second kappa shape index (κ2) is 8.25. The van der Waals surface area contributed by atoms with E-state index in [0.29, 0.717) is 13.0 Å². The normalized spacial score (nSPS) is 11.5. The first-order valence-electron chi connectivity index (χ1n) is 5.74. The Kier molecular flexibility index (Phi) is 7.82. The maximum absolute atomic E-state index is 11.3. The lowest BCUT2D eigenvalue weighted by Gasteiger charge is -2.18. The van der Waals surface area contributed by atoms with Crippen LogP contribution in [0.2, 0.25) is 0 Å². The van der Waals surface area contributed by atoms with Crippen molar-refractivity contribution in [1.82, 2.24) is 9.62 Å². The Bertz CT molecular complexity index is 339. The molecule has 0 saturated heterocycles. The first-order chi connectivity index (χ1) is 7.91. The fourth-order valence-corrected chi connectivity index (χ4v) is 2.08. The van der Waals surface area contributed by atoms with Gasteiger partial charge in [-0.3, -0.25) is 4.79 Å². The first-order valence-corrected chi connectivity index (χ1v) is 7.59. The highest BCUT2D eigenvalue weighted by Crippen LogP contribution is 1.97. The number of sulfonamides is 1. The third kappa shape index (κ3) is 7.93. The summed E-state index contributed by atoms with van der Waals surface area (Å²) in [6.45, 7) is 6.41. The topological polar surface area (TPSA) is 66.5 Å². The van der Waals surface area contributed by atoms with E-state index < -0.39 is 10.0 Å². The van der Waals surface area contributed by atoms with Crippen molar-refractivity contribution in [3.05, 3.63) is 12.7 Å². The fourth-order valence-electron chi connectivity index (χ4n) is 1.28. The van der Waals surface area contributed by atoms with E-state index in [-0.39, 0.29) is 19.0 Å². The fraction of sp³-hybridized carbons (Fsp3) is 0.727. The molecule has 0 aromatic carbocycles. The highest BCUT2D eigenvalue weighted by atomic mass is 32.2. The zero-order valence-electron chi connectivity index (χ0n) is 10.6. The van der Waals surface area contributed by atoms with Gasteiger partial charge in [-0.2, -0.15) is 4.31 Å². The standard InChI is InChI=1S/C11H22N2O3S/c1-4-6-7-11(14)12-8-10-13(9-5-2)17(3,15)16/h5H,2,4,6-10H2,1,3H3,(H,12,14).